The first-order valence-electron chi connectivity index (χ1n) is 5.09. The molecule has 2 heterocycles. The number of hydrogen-bond acceptors (Lipinski definition) is 3. The van der Waals surface area contributed by atoms with Crippen LogP contribution < -0.4 is 4.74 Å². The van der Waals surface area contributed by atoms with Gasteiger partial charge in [0.1, 0.15) is 12.4 Å². The van der Waals surface area contributed by atoms with E-state index in [1.54, 1.807) is 0 Å². The van der Waals surface area contributed by atoms with Gasteiger partial charge < -0.3 is 9.84 Å². The highest BCUT2D eigenvalue weighted by Crippen LogP contribution is 2.42. The highest BCUT2D eigenvalue weighted by molar-refractivity contribution is 9.10. The van der Waals surface area contributed by atoms with Crippen molar-refractivity contribution in [3.05, 3.63) is 28.2 Å². The fourth-order valence-electron chi connectivity index (χ4n) is 2.24. The normalized spacial score (nSPS) is 25.9. The van der Waals surface area contributed by atoms with Crippen LogP contribution in [0.4, 0.5) is 0 Å². The number of aliphatic hydroxyl groups excluding tert-OH is 1. The molecule has 1 saturated heterocycles. The number of aliphatic hydroxyl groups is 1. The van der Waals surface area contributed by atoms with Crippen molar-refractivity contribution in [2.45, 2.75) is 12.1 Å². The average molecular weight is 270 g/mol. The lowest BCUT2D eigenvalue weighted by Gasteiger charge is -2.39. The summed E-state index contributed by atoms with van der Waals surface area (Å²) in [7, 11) is 0. The summed E-state index contributed by atoms with van der Waals surface area (Å²) < 4.78 is 6.68. The highest BCUT2D eigenvalue weighted by Gasteiger charge is 2.37. The third kappa shape index (κ3) is 1.48. The van der Waals surface area contributed by atoms with Gasteiger partial charge in [0.05, 0.1) is 16.6 Å². The molecule has 0 saturated carbocycles. The van der Waals surface area contributed by atoms with Gasteiger partial charge >= 0.3 is 0 Å². The third-order valence-electron chi connectivity index (χ3n) is 3.07. The predicted octanol–water partition coefficient (Wildman–Crippen LogP) is 1.56. The average Bonchev–Trinajstić information content (AvgIpc) is 2.58. The fourth-order valence-corrected chi connectivity index (χ4v) is 2.73. The van der Waals surface area contributed by atoms with Crippen molar-refractivity contribution in [2.75, 3.05) is 19.7 Å². The van der Waals surface area contributed by atoms with Crippen LogP contribution >= 0.6 is 15.9 Å². The van der Waals surface area contributed by atoms with Crippen LogP contribution in [0.15, 0.2) is 22.7 Å². The summed E-state index contributed by atoms with van der Waals surface area (Å²) in [5, 5.41) is 9.29. The van der Waals surface area contributed by atoms with Gasteiger partial charge in [-0.3, -0.25) is 4.90 Å². The SMILES string of the molecule is OC1CN(C2COc3c(Br)cccc32)C1. The van der Waals surface area contributed by atoms with Crippen molar-refractivity contribution in [3.8, 4) is 5.75 Å². The summed E-state index contributed by atoms with van der Waals surface area (Å²) in [4.78, 5) is 2.25. The van der Waals surface area contributed by atoms with Crippen LogP contribution in [0, 0.1) is 0 Å². The molecule has 0 aromatic heterocycles. The van der Waals surface area contributed by atoms with E-state index in [0.717, 1.165) is 23.3 Å². The molecule has 1 aromatic carbocycles. The number of likely N-dealkylation sites (tertiary alicyclic amines) is 1. The first-order chi connectivity index (χ1) is 7.25. The maximum Gasteiger partial charge on any atom is 0.138 e. The molecule has 2 aliphatic heterocycles. The Labute approximate surface area is 96.8 Å². The maximum absolute atomic E-state index is 9.29. The molecular weight excluding hydrogens is 258 g/mol. The zero-order valence-electron chi connectivity index (χ0n) is 8.19. The minimum absolute atomic E-state index is 0.152. The van der Waals surface area contributed by atoms with E-state index >= 15 is 0 Å². The Balaban J connectivity index is 1.89. The summed E-state index contributed by atoms with van der Waals surface area (Å²) in [5.41, 5.74) is 1.23. The van der Waals surface area contributed by atoms with Crippen molar-refractivity contribution in [1.29, 1.82) is 0 Å². The molecule has 1 unspecified atom stereocenters. The summed E-state index contributed by atoms with van der Waals surface area (Å²) in [5.74, 6) is 0.962. The van der Waals surface area contributed by atoms with E-state index in [1.807, 2.05) is 12.1 Å². The number of nitrogens with zero attached hydrogens (tertiary/aromatic N) is 1. The predicted molar refractivity (Wildman–Crippen MR) is 60.0 cm³/mol. The van der Waals surface area contributed by atoms with Crippen LogP contribution in [0.2, 0.25) is 0 Å². The Morgan fingerprint density at radius 2 is 2.20 bits per heavy atom. The van der Waals surface area contributed by atoms with Crippen LogP contribution in [-0.4, -0.2) is 35.8 Å². The molecule has 15 heavy (non-hydrogen) atoms. The number of β-amino-alcohol motifs (C(OH)–C–C–N with tert-alkyl or cyclic N) is 1. The van der Waals surface area contributed by atoms with E-state index in [-0.39, 0.29) is 6.10 Å². The maximum atomic E-state index is 9.29. The molecule has 4 heteroatoms. The Morgan fingerprint density at radius 3 is 2.93 bits per heavy atom. The molecule has 0 bridgehead atoms. The Bertz CT molecular complexity index is 390. The van der Waals surface area contributed by atoms with Crippen molar-refractivity contribution in [3.63, 3.8) is 0 Å². The molecule has 80 valence electrons. The smallest absolute Gasteiger partial charge is 0.138 e. The molecule has 3 rings (SSSR count). The standard InChI is InChI=1S/C11H12BrNO2/c12-9-3-1-2-8-10(6-15-11(8)9)13-4-7(14)5-13/h1-3,7,10,14H,4-6H2. The van der Waals surface area contributed by atoms with Crippen molar-refractivity contribution in [2.24, 2.45) is 0 Å². The van der Waals surface area contributed by atoms with Gasteiger partial charge in [-0.25, -0.2) is 0 Å². The Morgan fingerprint density at radius 1 is 1.40 bits per heavy atom. The van der Waals surface area contributed by atoms with E-state index in [2.05, 4.69) is 26.9 Å². The molecule has 0 aliphatic carbocycles. The minimum atomic E-state index is -0.152. The molecule has 0 radical (unpaired) electrons. The largest absolute Gasteiger partial charge is 0.490 e. The van der Waals surface area contributed by atoms with Gasteiger partial charge in [-0.05, 0) is 22.0 Å². The lowest BCUT2D eigenvalue weighted by Crippen LogP contribution is -2.52. The van der Waals surface area contributed by atoms with Gasteiger partial charge in [0, 0.05) is 18.7 Å². The lowest BCUT2D eigenvalue weighted by atomic mass is 10.0. The number of fused-ring (bicyclic) bond motifs is 1. The van der Waals surface area contributed by atoms with Crippen LogP contribution in [0.5, 0.6) is 5.75 Å². The Hall–Kier alpha value is -0.580. The molecule has 1 atom stereocenters. The number of para-hydroxylation sites is 1. The molecule has 0 spiro atoms. The summed E-state index contributed by atoms with van der Waals surface area (Å²) in [6.07, 6.45) is -0.152. The molecular formula is C11H12BrNO2. The first kappa shape index (κ1) is 9.63. The molecule has 3 nitrogen and oxygen atoms in total. The van der Waals surface area contributed by atoms with E-state index in [0.29, 0.717) is 12.6 Å². The third-order valence-corrected chi connectivity index (χ3v) is 3.70. The van der Waals surface area contributed by atoms with E-state index in [4.69, 9.17) is 4.74 Å². The second kappa shape index (κ2) is 3.47. The van der Waals surface area contributed by atoms with Gasteiger partial charge in [0.25, 0.3) is 0 Å². The molecule has 1 fully saturated rings. The van der Waals surface area contributed by atoms with Gasteiger partial charge in [-0.15, -0.1) is 0 Å². The zero-order valence-corrected chi connectivity index (χ0v) is 9.77. The fraction of sp³-hybridized carbons (Fsp3) is 0.455. The van der Waals surface area contributed by atoms with E-state index in [1.165, 1.54) is 5.56 Å². The van der Waals surface area contributed by atoms with Crippen LogP contribution in [0.25, 0.3) is 0 Å². The van der Waals surface area contributed by atoms with Crippen molar-refractivity contribution in [1.82, 2.24) is 4.90 Å². The molecule has 1 N–H and O–H groups in total. The lowest BCUT2D eigenvalue weighted by molar-refractivity contribution is -0.0293. The van der Waals surface area contributed by atoms with Crippen LogP contribution in [0.1, 0.15) is 11.6 Å². The second-order valence-corrected chi connectivity index (χ2v) is 4.95. The summed E-state index contributed by atoms with van der Waals surface area (Å²) in [6, 6.07) is 6.44. The van der Waals surface area contributed by atoms with Crippen molar-refractivity contribution >= 4 is 15.9 Å². The number of hydrogen-bond donors (Lipinski definition) is 1. The Kier molecular flexibility index (Phi) is 2.23. The van der Waals surface area contributed by atoms with Gasteiger partial charge in [-0.2, -0.15) is 0 Å². The van der Waals surface area contributed by atoms with E-state index < -0.39 is 0 Å². The zero-order chi connectivity index (χ0) is 10.4. The molecule has 2 aliphatic rings. The summed E-state index contributed by atoms with van der Waals surface area (Å²) in [6.45, 7) is 2.23. The number of ether oxygens (including phenoxy) is 1. The number of rotatable bonds is 1. The quantitative estimate of drug-likeness (QED) is 0.840. The van der Waals surface area contributed by atoms with Gasteiger partial charge in [-0.1, -0.05) is 12.1 Å². The van der Waals surface area contributed by atoms with Gasteiger partial charge in [0.2, 0.25) is 0 Å². The topological polar surface area (TPSA) is 32.7 Å². The minimum Gasteiger partial charge on any atom is -0.490 e. The van der Waals surface area contributed by atoms with Crippen LogP contribution in [-0.2, 0) is 0 Å². The van der Waals surface area contributed by atoms with Crippen molar-refractivity contribution < 1.29 is 9.84 Å². The van der Waals surface area contributed by atoms with Gasteiger partial charge in [0.15, 0.2) is 0 Å². The van der Waals surface area contributed by atoms with Crippen LogP contribution in [0.3, 0.4) is 0 Å². The second-order valence-electron chi connectivity index (χ2n) is 4.09. The number of benzene rings is 1. The first-order valence-corrected chi connectivity index (χ1v) is 5.88. The molecule has 0 amide bonds. The summed E-state index contributed by atoms with van der Waals surface area (Å²) >= 11 is 3.48. The van der Waals surface area contributed by atoms with E-state index in [9.17, 15) is 5.11 Å². The monoisotopic (exact) mass is 269 g/mol. The highest BCUT2D eigenvalue weighted by atomic mass is 79.9. The molecule has 1 aromatic rings. The number of halogens is 1.